The van der Waals surface area contributed by atoms with Gasteiger partial charge in [0.15, 0.2) is 0 Å². The van der Waals surface area contributed by atoms with Crippen molar-refractivity contribution in [3.8, 4) is 0 Å². The van der Waals surface area contributed by atoms with E-state index in [2.05, 4.69) is 49.9 Å². The van der Waals surface area contributed by atoms with E-state index in [0.717, 1.165) is 17.2 Å². The summed E-state index contributed by atoms with van der Waals surface area (Å²) in [4.78, 5) is 9.07. The summed E-state index contributed by atoms with van der Waals surface area (Å²) in [5, 5.41) is 3.98. The molecule has 1 aromatic rings. The van der Waals surface area contributed by atoms with Crippen molar-refractivity contribution in [1.29, 1.82) is 0 Å². The van der Waals surface area contributed by atoms with Crippen molar-refractivity contribution in [3.05, 3.63) is 16.5 Å². The molecule has 1 N–H and O–H groups in total. The van der Waals surface area contributed by atoms with E-state index >= 15 is 0 Å². The number of hydrogen-bond donors (Lipinski definition) is 1. The molecule has 0 saturated heterocycles. The lowest BCUT2D eigenvalue weighted by molar-refractivity contribution is 0.126. The smallest absolute Gasteiger partial charge is 0.137 e. The largest absolute Gasteiger partial charge is 0.380 e. The van der Waals surface area contributed by atoms with Gasteiger partial charge in [0.25, 0.3) is 0 Å². The first-order valence-electron chi connectivity index (χ1n) is 7.55. The fraction of sp³-hybridized carbons (Fsp3) is 0.750. The molecule has 1 rings (SSSR count). The molecule has 0 aromatic carbocycles. The number of rotatable bonds is 6. The molecule has 4 nitrogen and oxygen atoms in total. The van der Waals surface area contributed by atoms with Gasteiger partial charge in [-0.2, -0.15) is 0 Å². The Hall–Kier alpha value is -0.870. The summed E-state index contributed by atoms with van der Waals surface area (Å²) >= 11 is 6.27. The number of aromatic nitrogens is 2. The van der Waals surface area contributed by atoms with E-state index in [-0.39, 0.29) is 11.5 Å². The van der Waals surface area contributed by atoms with E-state index in [1.165, 1.54) is 0 Å². The lowest BCUT2D eigenvalue weighted by atomic mass is 9.95. The van der Waals surface area contributed by atoms with Gasteiger partial charge in [-0.15, -0.1) is 0 Å². The van der Waals surface area contributed by atoms with Crippen LogP contribution in [0.4, 0.5) is 5.82 Å². The molecule has 0 aliphatic carbocycles. The molecule has 0 radical (unpaired) electrons. The van der Waals surface area contributed by atoms with Gasteiger partial charge in [0.05, 0.1) is 12.6 Å². The van der Waals surface area contributed by atoms with E-state index in [9.17, 15) is 0 Å². The Morgan fingerprint density at radius 2 is 1.86 bits per heavy atom. The summed E-state index contributed by atoms with van der Waals surface area (Å²) in [6.45, 7) is 15.9. The van der Waals surface area contributed by atoms with Crippen molar-refractivity contribution in [2.45, 2.75) is 59.9 Å². The molecule has 0 aliphatic heterocycles. The van der Waals surface area contributed by atoms with Crippen LogP contribution < -0.4 is 5.32 Å². The van der Waals surface area contributed by atoms with E-state index in [1.807, 2.05) is 13.8 Å². The van der Waals surface area contributed by atoms with Crippen LogP contribution in [0.3, 0.4) is 0 Å². The average molecular weight is 314 g/mol. The predicted octanol–water partition coefficient (Wildman–Crippen LogP) is 4.21. The number of halogens is 1. The molecular weight excluding hydrogens is 286 g/mol. The molecule has 21 heavy (non-hydrogen) atoms. The molecule has 0 fully saturated rings. The van der Waals surface area contributed by atoms with Gasteiger partial charge in [0.1, 0.15) is 16.8 Å². The zero-order valence-corrected chi connectivity index (χ0v) is 15.0. The van der Waals surface area contributed by atoms with Gasteiger partial charge in [0.2, 0.25) is 0 Å². The van der Waals surface area contributed by atoms with Gasteiger partial charge in [-0.05, 0) is 19.8 Å². The molecule has 1 aromatic heterocycles. The quantitative estimate of drug-likeness (QED) is 0.799. The van der Waals surface area contributed by atoms with Crippen molar-refractivity contribution in [2.75, 3.05) is 18.5 Å². The molecule has 1 atom stereocenters. The molecule has 0 aliphatic rings. The first kappa shape index (κ1) is 18.2. The minimum Gasteiger partial charge on any atom is -0.380 e. The number of nitrogens with one attached hydrogen (secondary N) is 1. The van der Waals surface area contributed by atoms with Crippen LogP contribution in [0.25, 0.3) is 0 Å². The van der Waals surface area contributed by atoms with Crippen LogP contribution in [-0.4, -0.2) is 29.2 Å². The van der Waals surface area contributed by atoms with Gasteiger partial charge in [-0.1, -0.05) is 46.2 Å². The van der Waals surface area contributed by atoms with Crippen molar-refractivity contribution in [3.63, 3.8) is 0 Å². The Morgan fingerprint density at radius 1 is 1.24 bits per heavy atom. The van der Waals surface area contributed by atoms with Gasteiger partial charge >= 0.3 is 0 Å². The number of hydrogen-bond acceptors (Lipinski definition) is 4. The highest BCUT2D eigenvalue weighted by molar-refractivity contribution is 6.30. The molecule has 0 bridgehead atoms. The normalized spacial score (nSPS) is 13.6. The lowest BCUT2D eigenvalue weighted by Gasteiger charge is -2.25. The topological polar surface area (TPSA) is 47.0 Å². The highest BCUT2D eigenvalue weighted by atomic mass is 35.5. The Balaban J connectivity index is 3.07. The molecule has 5 heteroatoms. The molecule has 1 unspecified atom stereocenters. The number of nitrogens with zero attached hydrogens (tertiary/aromatic N) is 2. The van der Waals surface area contributed by atoms with E-state index in [4.69, 9.17) is 16.3 Å². The van der Waals surface area contributed by atoms with Gasteiger partial charge in [-0.3, -0.25) is 0 Å². The van der Waals surface area contributed by atoms with Crippen molar-refractivity contribution in [1.82, 2.24) is 9.97 Å². The zero-order chi connectivity index (χ0) is 16.2. The van der Waals surface area contributed by atoms with Crippen molar-refractivity contribution < 1.29 is 4.74 Å². The summed E-state index contributed by atoms with van der Waals surface area (Å²) in [6, 6.07) is 0.197. The first-order valence-corrected chi connectivity index (χ1v) is 7.93. The summed E-state index contributed by atoms with van der Waals surface area (Å²) in [7, 11) is 0. The van der Waals surface area contributed by atoms with E-state index in [0.29, 0.717) is 24.3 Å². The molecule has 0 spiro atoms. The van der Waals surface area contributed by atoms with Crippen molar-refractivity contribution in [2.24, 2.45) is 5.92 Å². The van der Waals surface area contributed by atoms with Crippen LogP contribution in [0.2, 0.25) is 5.15 Å². The zero-order valence-electron chi connectivity index (χ0n) is 14.2. The third-order valence-corrected chi connectivity index (χ3v) is 3.75. The van der Waals surface area contributed by atoms with Crippen LogP contribution in [0, 0.1) is 12.8 Å². The maximum Gasteiger partial charge on any atom is 0.137 e. The van der Waals surface area contributed by atoms with E-state index in [1.54, 1.807) is 0 Å². The minimum atomic E-state index is -0.138. The third-order valence-electron chi connectivity index (χ3n) is 3.39. The number of anilines is 1. The van der Waals surface area contributed by atoms with Crippen LogP contribution in [0.1, 0.15) is 52.9 Å². The maximum absolute atomic E-state index is 6.27. The fourth-order valence-corrected chi connectivity index (χ4v) is 1.96. The second kappa shape index (κ2) is 7.41. The number of ether oxygens (including phenoxy) is 1. The molecule has 0 amide bonds. The Morgan fingerprint density at radius 3 is 2.33 bits per heavy atom. The molecule has 120 valence electrons. The summed E-state index contributed by atoms with van der Waals surface area (Å²) in [6.07, 6.45) is 0. The minimum absolute atomic E-state index is 0.138. The highest BCUT2D eigenvalue weighted by Gasteiger charge is 2.22. The second-order valence-electron chi connectivity index (χ2n) is 6.72. The Labute approximate surface area is 133 Å². The standard InChI is InChI=1S/C16H28ClN3O/c1-8-21-9-12(10(2)3)18-14-11(4)13(17)19-15(20-14)16(5,6)7/h10,12H,8-9H2,1-7H3,(H,18,19,20). The van der Waals surface area contributed by atoms with Crippen LogP contribution in [0.5, 0.6) is 0 Å². The maximum atomic E-state index is 6.27. The Bertz CT molecular complexity index is 469. The van der Waals surface area contributed by atoms with Crippen LogP contribution in [-0.2, 0) is 10.2 Å². The third kappa shape index (κ3) is 5.11. The molecule has 0 saturated carbocycles. The van der Waals surface area contributed by atoms with Gasteiger partial charge < -0.3 is 10.1 Å². The second-order valence-corrected chi connectivity index (χ2v) is 7.07. The van der Waals surface area contributed by atoms with Gasteiger partial charge in [0, 0.05) is 17.6 Å². The highest BCUT2D eigenvalue weighted by Crippen LogP contribution is 2.27. The fourth-order valence-electron chi connectivity index (χ4n) is 1.79. The molecule has 1 heterocycles. The van der Waals surface area contributed by atoms with Crippen molar-refractivity contribution >= 4 is 17.4 Å². The van der Waals surface area contributed by atoms with E-state index < -0.39 is 0 Å². The lowest BCUT2D eigenvalue weighted by Crippen LogP contribution is -2.32. The summed E-state index contributed by atoms with van der Waals surface area (Å²) < 4.78 is 5.56. The average Bonchev–Trinajstić information content (AvgIpc) is 2.37. The first-order chi connectivity index (χ1) is 9.66. The Kier molecular flexibility index (Phi) is 6.41. The van der Waals surface area contributed by atoms with Crippen LogP contribution in [0.15, 0.2) is 0 Å². The SMILES string of the molecule is CCOCC(Nc1nc(C(C)(C)C)nc(Cl)c1C)C(C)C. The predicted molar refractivity (Wildman–Crippen MR) is 89.2 cm³/mol. The summed E-state index contributed by atoms with van der Waals surface area (Å²) in [5.74, 6) is 1.99. The van der Waals surface area contributed by atoms with Gasteiger partial charge in [-0.25, -0.2) is 9.97 Å². The van der Waals surface area contributed by atoms with Crippen LogP contribution >= 0.6 is 11.6 Å². The summed E-state index contributed by atoms with van der Waals surface area (Å²) in [5.41, 5.74) is 0.743. The molecular formula is C16H28ClN3O. The monoisotopic (exact) mass is 313 g/mol.